The van der Waals surface area contributed by atoms with Crippen LogP contribution in [0.3, 0.4) is 0 Å². The van der Waals surface area contributed by atoms with Gasteiger partial charge in [-0.2, -0.15) is 5.10 Å². The Hall–Kier alpha value is -1.26. The van der Waals surface area contributed by atoms with Gasteiger partial charge < -0.3 is 4.74 Å². The van der Waals surface area contributed by atoms with E-state index in [-0.39, 0.29) is 23.1 Å². The van der Waals surface area contributed by atoms with Crippen LogP contribution in [0.1, 0.15) is 24.6 Å². The molecule has 1 aromatic rings. The summed E-state index contributed by atoms with van der Waals surface area (Å²) in [5.74, 6) is 0.467. The highest BCUT2D eigenvalue weighted by atomic mass is 17.1. The van der Waals surface area contributed by atoms with E-state index in [1.807, 2.05) is 0 Å². The lowest BCUT2D eigenvalue weighted by atomic mass is 10.1. The Bertz CT molecular complexity index is 416. The maximum absolute atomic E-state index is 10.9. The molecule has 4 N–H and O–H groups in total. The van der Waals surface area contributed by atoms with Crippen LogP contribution < -0.4 is 5.69 Å². The molecule has 1 aliphatic carbocycles. The Kier molecular flexibility index (Phi) is 3.54. The van der Waals surface area contributed by atoms with E-state index in [0.29, 0.717) is 18.7 Å². The Labute approximate surface area is 95.8 Å². The Balaban J connectivity index is 2.06. The smallest absolute Gasteiger partial charge is 0.340 e. The molecule has 3 atom stereocenters. The molecule has 0 unspecified atom stereocenters. The Morgan fingerprint density at radius 2 is 2.12 bits per heavy atom. The van der Waals surface area contributed by atoms with Crippen molar-refractivity contribution in [3.05, 3.63) is 16.3 Å². The zero-order valence-electron chi connectivity index (χ0n) is 9.16. The monoisotopic (exact) mass is 246 g/mol. The van der Waals surface area contributed by atoms with Crippen LogP contribution >= 0.6 is 0 Å². The van der Waals surface area contributed by atoms with Crippen molar-refractivity contribution < 1.29 is 20.0 Å². The highest BCUT2D eigenvalue weighted by molar-refractivity contribution is 5.02. The topological polar surface area (TPSA) is 124 Å². The molecule has 1 aliphatic rings. The van der Waals surface area contributed by atoms with E-state index in [1.165, 1.54) is 7.11 Å². The molecule has 9 heteroatoms. The minimum Gasteiger partial charge on any atom is -0.379 e. The van der Waals surface area contributed by atoms with E-state index < -0.39 is 6.10 Å². The molecular formula is C8H14N4O5. The van der Waals surface area contributed by atoms with Crippen LogP contribution in [-0.4, -0.2) is 50.3 Å². The molecule has 1 aromatic heterocycles. The van der Waals surface area contributed by atoms with E-state index in [1.54, 1.807) is 0 Å². The predicted molar refractivity (Wildman–Crippen MR) is 52.3 cm³/mol. The molecular weight excluding hydrogens is 232 g/mol. The van der Waals surface area contributed by atoms with Gasteiger partial charge in [0, 0.05) is 13.0 Å². The lowest BCUT2D eigenvalue weighted by Crippen LogP contribution is -2.31. The van der Waals surface area contributed by atoms with Gasteiger partial charge in [-0.05, 0) is 12.8 Å². The van der Waals surface area contributed by atoms with Gasteiger partial charge in [0.2, 0.25) is 0 Å². The molecule has 0 bridgehead atoms. The zero-order valence-corrected chi connectivity index (χ0v) is 9.16. The average molecular weight is 246 g/mol. The van der Waals surface area contributed by atoms with Crippen LogP contribution in [-0.2, 0) is 9.57 Å². The van der Waals surface area contributed by atoms with Crippen LogP contribution in [0, 0.1) is 0 Å². The molecule has 96 valence electrons. The van der Waals surface area contributed by atoms with Crippen molar-refractivity contribution in [2.45, 2.75) is 31.0 Å². The normalized spacial score (nSPS) is 29.1. The van der Waals surface area contributed by atoms with Crippen LogP contribution in [0.25, 0.3) is 0 Å². The Morgan fingerprint density at radius 1 is 1.41 bits per heavy atom. The van der Waals surface area contributed by atoms with Gasteiger partial charge in [-0.1, -0.05) is 0 Å². The first-order valence-corrected chi connectivity index (χ1v) is 5.12. The fourth-order valence-corrected chi connectivity index (χ4v) is 2.14. The number of nitrogens with zero attached hydrogens (tertiary/aromatic N) is 2. The largest absolute Gasteiger partial charge is 0.379 e. The van der Waals surface area contributed by atoms with Crippen molar-refractivity contribution in [1.82, 2.24) is 20.6 Å². The predicted octanol–water partition coefficient (Wildman–Crippen LogP) is -0.629. The number of methoxy groups -OCH3 is 1. The number of aromatic nitrogens is 3. The third-order valence-corrected chi connectivity index (χ3v) is 2.89. The van der Waals surface area contributed by atoms with Gasteiger partial charge in [-0.25, -0.2) is 14.7 Å². The first-order chi connectivity index (χ1) is 8.10. The minimum absolute atomic E-state index is 0.0520. The summed E-state index contributed by atoms with van der Waals surface area (Å²) in [6, 6.07) is 0. The summed E-state index contributed by atoms with van der Waals surface area (Å²) < 4.78 is 5.18. The first kappa shape index (κ1) is 12.2. The fraction of sp³-hybridized carbons (Fsp3) is 0.750. The number of H-pyrrole nitrogens is 2. The summed E-state index contributed by atoms with van der Waals surface area (Å²) in [6.45, 7) is 0. The number of ether oxygens (including phenoxy) is 1. The highest BCUT2D eigenvalue weighted by Crippen LogP contribution is 2.35. The van der Waals surface area contributed by atoms with Crippen molar-refractivity contribution in [1.29, 1.82) is 0 Å². The van der Waals surface area contributed by atoms with Gasteiger partial charge >= 0.3 is 5.69 Å². The van der Waals surface area contributed by atoms with Crippen LogP contribution in [0.5, 0.6) is 0 Å². The van der Waals surface area contributed by atoms with Crippen LogP contribution in [0.4, 0.5) is 0 Å². The van der Waals surface area contributed by atoms with Gasteiger partial charge in [0.05, 0.1) is 11.5 Å². The summed E-state index contributed by atoms with van der Waals surface area (Å²) in [5.41, 5.74) is -0.371. The maximum atomic E-state index is 10.9. The SMILES string of the molecule is CO[C@H]1C[C@@H](c2n[nH]c(=O)[nH]2)C[C@@H]1ON(O)O. The summed E-state index contributed by atoms with van der Waals surface area (Å²) >= 11 is 0. The van der Waals surface area contributed by atoms with Gasteiger partial charge in [-0.15, -0.1) is 0 Å². The summed E-state index contributed by atoms with van der Waals surface area (Å²) in [4.78, 5) is 18.3. The van der Waals surface area contributed by atoms with Crippen molar-refractivity contribution in [2.24, 2.45) is 0 Å². The summed E-state index contributed by atoms with van der Waals surface area (Å²) in [7, 11) is 1.51. The molecule has 1 fully saturated rings. The first-order valence-electron chi connectivity index (χ1n) is 5.12. The molecule has 0 aliphatic heterocycles. The standard InChI is InChI=1S/C8H14N4O5/c1-16-5-2-4(3-6(5)17-12(14)15)7-9-8(13)11-10-7/h4-6,14-15H,2-3H2,1H3,(H2,9,10,11,13)/t4-,5+,6+/m1/s1. The molecule has 17 heavy (non-hydrogen) atoms. The molecule has 2 rings (SSSR count). The van der Waals surface area contributed by atoms with E-state index in [0.717, 1.165) is 0 Å². The van der Waals surface area contributed by atoms with Crippen molar-refractivity contribution >= 4 is 0 Å². The molecule has 0 spiro atoms. The Morgan fingerprint density at radius 3 is 2.65 bits per heavy atom. The van der Waals surface area contributed by atoms with Gasteiger partial charge in [0.1, 0.15) is 11.9 Å². The van der Waals surface area contributed by atoms with Crippen molar-refractivity contribution in [3.8, 4) is 0 Å². The summed E-state index contributed by atoms with van der Waals surface area (Å²) in [5, 5.41) is 23.0. The molecule has 9 nitrogen and oxygen atoms in total. The molecule has 0 amide bonds. The van der Waals surface area contributed by atoms with Gasteiger partial charge in [-0.3, -0.25) is 15.4 Å². The highest BCUT2D eigenvalue weighted by Gasteiger charge is 2.38. The van der Waals surface area contributed by atoms with Gasteiger partial charge in [0.25, 0.3) is 0 Å². The van der Waals surface area contributed by atoms with Crippen molar-refractivity contribution in [3.63, 3.8) is 0 Å². The average Bonchev–Trinajstić information content (AvgIpc) is 2.83. The van der Waals surface area contributed by atoms with E-state index in [2.05, 4.69) is 15.2 Å². The number of hydrogen-bond acceptors (Lipinski definition) is 7. The molecule has 0 aromatic carbocycles. The zero-order chi connectivity index (χ0) is 12.4. The van der Waals surface area contributed by atoms with Crippen LogP contribution in [0.2, 0.25) is 0 Å². The van der Waals surface area contributed by atoms with Crippen molar-refractivity contribution in [2.75, 3.05) is 7.11 Å². The number of nitrogens with one attached hydrogen (secondary N) is 2. The second-order valence-corrected chi connectivity index (χ2v) is 3.90. The molecule has 1 heterocycles. The minimum atomic E-state index is -0.500. The third kappa shape index (κ3) is 2.70. The van der Waals surface area contributed by atoms with E-state index in [4.69, 9.17) is 20.0 Å². The fourth-order valence-electron chi connectivity index (χ4n) is 2.14. The second kappa shape index (κ2) is 4.94. The lowest BCUT2D eigenvalue weighted by molar-refractivity contribution is -0.507. The lowest BCUT2D eigenvalue weighted by Gasteiger charge is -2.18. The quantitative estimate of drug-likeness (QED) is 0.521. The van der Waals surface area contributed by atoms with E-state index in [9.17, 15) is 4.79 Å². The third-order valence-electron chi connectivity index (χ3n) is 2.89. The molecule has 1 saturated carbocycles. The van der Waals surface area contributed by atoms with E-state index >= 15 is 0 Å². The van der Waals surface area contributed by atoms with Crippen LogP contribution in [0.15, 0.2) is 4.79 Å². The molecule has 0 radical (unpaired) electrons. The number of aromatic amines is 2. The van der Waals surface area contributed by atoms with Gasteiger partial charge in [0.15, 0.2) is 0 Å². The second-order valence-electron chi connectivity index (χ2n) is 3.90. The number of rotatable bonds is 4. The molecule has 0 saturated heterocycles. The maximum Gasteiger partial charge on any atom is 0.340 e. The summed E-state index contributed by atoms with van der Waals surface area (Å²) in [6.07, 6.45) is 0.259. The number of hydrogen-bond donors (Lipinski definition) is 4.